The van der Waals surface area contributed by atoms with Crippen LogP contribution < -0.4 is 0 Å². The van der Waals surface area contributed by atoms with Gasteiger partial charge in [-0.3, -0.25) is 4.90 Å². The van der Waals surface area contributed by atoms with Crippen molar-refractivity contribution in [2.75, 3.05) is 26.3 Å². The van der Waals surface area contributed by atoms with Crippen LogP contribution in [0.1, 0.15) is 12.0 Å². The number of nitrogens with zero attached hydrogens (tertiary/aromatic N) is 3. The molecule has 1 aliphatic rings. The first-order chi connectivity index (χ1) is 10.8. The summed E-state index contributed by atoms with van der Waals surface area (Å²) in [6.45, 7) is 3.46. The minimum absolute atomic E-state index is 0.123. The molecule has 0 amide bonds. The van der Waals surface area contributed by atoms with Crippen LogP contribution in [0.2, 0.25) is 5.02 Å². The maximum Gasteiger partial charge on any atom is 0.0831 e. The molecular weight excluding hydrogens is 302 g/mol. The molecule has 6 heteroatoms. The Hall–Kier alpha value is -1.40. The summed E-state index contributed by atoms with van der Waals surface area (Å²) in [4.78, 5) is 2.33. The second kappa shape index (κ2) is 7.24. The molecule has 0 saturated carbocycles. The lowest BCUT2D eigenvalue weighted by Crippen LogP contribution is -2.42. The summed E-state index contributed by atoms with van der Waals surface area (Å²) in [5.41, 5.74) is 2.03. The van der Waals surface area contributed by atoms with Crippen molar-refractivity contribution in [2.45, 2.75) is 19.1 Å². The average Bonchev–Trinajstić information content (AvgIpc) is 2.97. The van der Waals surface area contributed by atoms with Crippen molar-refractivity contribution in [3.8, 4) is 5.69 Å². The van der Waals surface area contributed by atoms with E-state index in [9.17, 15) is 0 Å². The summed E-state index contributed by atoms with van der Waals surface area (Å²) in [5.74, 6) is 0. The fourth-order valence-corrected chi connectivity index (χ4v) is 2.93. The Labute approximate surface area is 135 Å². The molecule has 0 spiro atoms. The number of aliphatic hydroxyl groups excluding tert-OH is 1. The molecule has 1 fully saturated rings. The molecule has 0 radical (unpaired) electrons. The van der Waals surface area contributed by atoms with Gasteiger partial charge in [0, 0.05) is 38.0 Å². The highest BCUT2D eigenvalue weighted by molar-refractivity contribution is 6.32. The first-order valence-electron chi connectivity index (χ1n) is 7.49. The number of ether oxygens (including phenoxy) is 1. The van der Waals surface area contributed by atoms with Gasteiger partial charge >= 0.3 is 0 Å². The van der Waals surface area contributed by atoms with Crippen molar-refractivity contribution in [1.82, 2.24) is 14.7 Å². The molecular formula is C16H20ClN3O2. The predicted octanol–water partition coefficient (Wildman–Crippen LogP) is 2.11. The largest absolute Gasteiger partial charge is 0.396 e. The molecule has 22 heavy (non-hydrogen) atoms. The number of rotatable bonds is 5. The molecule has 0 bridgehead atoms. The minimum Gasteiger partial charge on any atom is -0.396 e. The molecule has 1 aliphatic heterocycles. The third kappa shape index (κ3) is 3.67. The van der Waals surface area contributed by atoms with E-state index in [-0.39, 0.29) is 12.7 Å². The monoisotopic (exact) mass is 321 g/mol. The Bertz CT molecular complexity index is 615. The number of aliphatic hydroxyl groups is 1. The highest BCUT2D eigenvalue weighted by atomic mass is 35.5. The zero-order chi connectivity index (χ0) is 15.4. The van der Waals surface area contributed by atoms with E-state index in [4.69, 9.17) is 21.4 Å². The minimum atomic E-state index is 0.123. The summed E-state index contributed by atoms with van der Waals surface area (Å²) in [7, 11) is 0. The van der Waals surface area contributed by atoms with E-state index in [0.29, 0.717) is 18.1 Å². The number of halogens is 1. The number of hydrogen-bond acceptors (Lipinski definition) is 4. The number of para-hydroxylation sites is 1. The fraction of sp³-hybridized carbons (Fsp3) is 0.438. The van der Waals surface area contributed by atoms with Crippen LogP contribution in [0.5, 0.6) is 0 Å². The van der Waals surface area contributed by atoms with E-state index in [2.05, 4.69) is 10.00 Å². The van der Waals surface area contributed by atoms with Crippen molar-refractivity contribution in [3.63, 3.8) is 0 Å². The normalized spacial score (nSPS) is 19.5. The van der Waals surface area contributed by atoms with E-state index in [0.717, 1.165) is 30.9 Å². The lowest BCUT2D eigenvalue weighted by atomic mass is 10.2. The quantitative estimate of drug-likeness (QED) is 0.916. The van der Waals surface area contributed by atoms with Gasteiger partial charge < -0.3 is 9.84 Å². The van der Waals surface area contributed by atoms with Gasteiger partial charge in [0.05, 0.1) is 29.6 Å². The zero-order valence-corrected chi connectivity index (χ0v) is 13.1. The van der Waals surface area contributed by atoms with E-state index in [1.165, 1.54) is 0 Å². The topological polar surface area (TPSA) is 50.5 Å². The third-order valence-electron chi connectivity index (χ3n) is 3.82. The van der Waals surface area contributed by atoms with Gasteiger partial charge in [-0.25, -0.2) is 4.68 Å². The van der Waals surface area contributed by atoms with Crippen molar-refractivity contribution in [1.29, 1.82) is 0 Å². The maximum absolute atomic E-state index is 9.03. The summed E-state index contributed by atoms with van der Waals surface area (Å²) in [6, 6.07) is 7.67. The van der Waals surface area contributed by atoms with Crippen LogP contribution in [0.15, 0.2) is 36.7 Å². The molecule has 2 aromatic rings. The summed E-state index contributed by atoms with van der Waals surface area (Å²) in [6.07, 6.45) is 4.70. The molecule has 1 aromatic heterocycles. The van der Waals surface area contributed by atoms with Crippen LogP contribution in [0.25, 0.3) is 5.69 Å². The Morgan fingerprint density at radius 3 is 3.05 bits per heavy atom. The summed E-state index contributed by atoms with van der Waals surface area (Å²) >= 11 is 6.20. The van der Waals surface area contributed by atoms with Gasteiger partial charge in [0.2, 0.25) is 0 Å². The van der Waals surface area contributed by atoms with Crippen LogP contribution in [0.3, 0.4) is 0 Å². The highest BCUT2D eigenvalue weighted by Crippen LogP contribution is 2.20. The van der Waals surface area contributed by atoms with Crippen molar-refractivity contribution >= 4 is 11.6 Å². The van der Waals surface area contributed by atoms with E-state index >= 15 is 0 Å². The smallest absolute Gasteiger partial charge is 0.0831 e. The Morgan fingerprint density at radius 2 is 2.23 bits per heavy atom. The van der Waals surface area contributed by atoms with E-state index < -0.39 is 0 Å². The molecule has 1 saturated heterocycles. The van der Waals surface area contributed by atoms with Gasteiger partial charge in [-0.1, -0.05) is 23.7 Å². The van der Waals surface area contributed by atoms with Crippen LogP contribution in [0, 0.1) is 0 Å². The Balaban J connectivity index is 1.66. The number of morpholine rings is 1. The molecule has 5 nitrogen and oxygen atoms in total. The third-order valence-corrected chi connectivity index (χ3v) is 4.14. The Morgan fingerprint density at radius 1 is 1.36 bits per heavy atom. The second-order valence-electron chi connectivity index (χ2n) is 5.48. The summed E-state index contributed by atoms with van der Waals surface area (Å²) in [5, 5.41) is 14.1. The van der Waals surface area contributed by atoms with Crippen molar-refractivity contribution in [2.24, 2.45) is 0 Å². The first-order valence-corrected chi connectivity index (χ1v) is 7.87. The molecule has 1 atom stereocenters. The van der Waals surface area contributed by atoms with E-state index in [1.54, 1.807) is 0 Å². The second-order valence-corrected chi connectivity index (χ2v) is 5.89. The van der Waals surface area contributed by atoms with Gasteiger partial charge in [-0.05, 0) is 18.6 Å². The Kier molecular flexibility index (Phi) is 5.10. The SMILES string of the molecule is OCC[C@H]1CN(Cc2cnn(-c3ccccc3Cl)c2)CCO1. The lowest BCUT2D eigenvalue weighted by Gasteiger charge is -2.32. The molecule has 1 N–H and O–H groups in total. The molecule has 0 unspecified atom stereocenters. The van der Waals surface area contributed by atoms with Gasteiger partial charge in [0.15, 0.2) is 0 Å². The van der Waals surface area contributed by atoms with Crippen LogP contribution in [0.4, 0.5) is 0 Å². The highest BCUT2D eigenvalue weighted by Gasteiger charge is 2.20. The van der Waals surface area contributed by atoms with E-state index in [1.807, 2.05) is 41.3 Å². The predicted molar refractivity (Wildman–Crippen MR) is 85.3 cm³/mol. The van der Waals surface area contributed by atoms with Crippen LogP contribution in [-0.4, -0.2) is 52.2 Å². The molecule has 1 aromatic carbocycles. The molecule has 2 heterocycles. The van der Waals surface area contributed by atoms with Crippen LogP contribution >= 0.6 is 11.6 Å². The maximum atomic E-state index is 9.03. The molecule has 3 rings (SSSR count). The standard InChI is InChI=1S/C16H20ClN3O2/c17-15-3-1-2-4-16(15)20-11-13(9-18-20)10-19-6-8-22-14(12-19)5-7-21/h1-4,9,11,14,21H,5-8,10,12H2/t14-/m0/s1. The van der Waals surface area contributed by atoms with Crippen LogP contribution in [-0.2, 0) is 11.3 Å². The van der Waals surface area contributed by atoms with Gasteiger partial charge in [-0.2, -0.15) is 5.10 Å². The van der Waals surface area contributed by atoms with Crippen molar-refractivity contribution in [3.05, 3.63) is 47.2 Å². The van der Waals surface area contributed by atoms with Gasteiger partial charge in [0.25, 0.3) is 0 Å². The average molecular weight is 322 g/mol. The first kappa shape index (κ1) is 15.5. The number of hydrogen-bond donors (Lipinski definition) is 1. The number of benzene rings is 1. The zero-order valence-electron chi connectivity index (χ0n) is 12.4. The molecule has 0 aliphatic carbocycles. The number of aromatic nitrogens is 2. The van der Waals surface area contributed by atoms with Crippen molar-refractivity contribution < 1.29 is 9.84 Å². The van der Waals surface area contributed by atoms with Gasteiger partial charge in [-0.15, -0.1) is 0 Å². The lowest BCUT2D eigenvalue weighted by molar-refractivity contribution is -0.0407. The fourth-order valence-electron chi connectivity index (χ4n) is 2.71. The van der Waals surface area contributed by atoms with Gasteiger partial charge in [0.1, 0.15) is 0 Å². The summed E-state index contributed by atoms with van der Waals surface area (Å²) < 4.78 is 7.45. The molecule has 118 valence electrons.